The molecule has 2 aliphatic rings. The molecule has 1 amide bonds. The van der Waals surface area contributed by atoms with E-state index in [0.717, 1.165) is 0 Å². The Morgan fingerprint density at radius 3 is 2.71 bits per heavy atom. The normalized spacial score (nSPS) is 32.4. The van der Waals surface area contributed by atoms with Crippen LogP contribution in [0.3, 0.4) is 0 Å². The number of hydrogen-bond donors (Lipinski definition) is 2. The minimum Gasteiger partial charge on any atom is -0.481 e. The summed E-state index contributed by atoms with van der Waals surface area (Å²) in [6.45, 7) is 1.18. The van der Waals surface area contributed by atoms with E-state index in [9.17, 15) is 9.59 Å². The van der Waals surface area contributed by atoms with Gasteiger partial charge in [0.15, 0.2) is 6.10 Å². The summed E-state index contributed by atoms with van der Waals surface area (Å²) in [7, 11) is 0. The largest absolute Gasteiger partial charge is 0.481 e. The highest BCUT2D eigenvalue weighted by Gasteiger charge is 2.29. The maximum Gasteiger partial charge on any atom is 0.310 e. The van der Waals surface area contributed by atoms with Crippen molar-refractivity contribution >= 4 is 11.9 Å². The molecule has 1 aliphatic heterocycles. The molecule has 2 rings (SSSR count). The zero-order chi connectivity index (χ0) is 12.3. The molecule has 1 fully saturated rings. The molecule has 3 atom stereocenters. The van der Waals surface area contributed by atoms with Crippen molar-refractivity contribution in [3.8, 4) is 0 Å². The van der Waals surface area contributed by atoms with Crippen molar-refractivity contribution in [1.29, 1.82) is 0 Å². The van der Waals surface area contributed by atoms with E-state index in [1.807, 2.05) is 0 Å². The first-order valence-electron chi connectivity index (χ1n) is 5.57. The predicted octanol–water partition coefficient (Wildman–Crippen LogP) is -0.453. The molecule has 0 aromatic carbocycles. The van der Waals surface area contributed by atoms with E-state index in [1.165, 1.54) is 0 Å². The van der Waals surface area contributed by atoms with Crippen molar-refractivity contribution in [1.82, 2.24) is 5.32 Å². The van der Waals surface area contributed by atoms with Gasteiger partial charge in [0.05, 0.1) is 25.7 Å². The summed E-state index contributed by atoms with van der Waals surface area (Å²) in [5.41, 5.74) is 0. The van der Waals surface area contributed by atoms with Gasteiger partial charge in [-0.15, -0.1) is 0 Å². The number of carboxylic acids is 1. The maximum atomic E-state index is 11.7. The Bertz CT molecular complexity index is 335. The number of hydrogen-bond acceptors (Lipinski definition) is 4. The van der Waals surface area contributed by atoms with Crippen LogP contribution in [0.2, 0.25) is 0 Å². The molecule has 0 aromatic rings. The molecule has 0 saturated carbocycles. The molecule has 94 valence electrons. The first kappa shape index (κ1) is 12.1. The summed E-state index contributed by atoms with van der Waals surface area (Å²) in [5.74, 6) is -1.62. The first-order chi connectivity index (χ1) is 8.16. The van der Waals surface area contributed by atoms with Gasteiger partial charge in [-0.05, 0) is 6.42 Å². The minimum atomic E-state index is -0.866. The quantitative estimate of drug-likeness (QED) is 0.653. The molecule has 6 nitrogen and oxygen atoms in total. The fourth-order valence-corrected chi connectivity index (χ4v) is 1.90. The lowest BCUT2D eigenvalue weighted by Gasteiger charge is -2.23. The van der Waals surface area contributed by atoms with Crippen molar-refractivity contribution in [3.05, 3.63) is 12.2 Å². The Labute approximate surface area is 98.6 Å². The summed E-state index contributed by atoms with van der Waals surface area (Å²) in [6.07, 6.45) is 3.13. The van der Waals surface area contributed by atoms with Gasteiger partial charge >= 0.3 is 5.97 Å². The van der Waals surface area contributed by atoms with E-state index in [2.05, 4.69) is 5.32 Å². The van der Waals surface area contributed by atoms with Crippen LogP contribution in [0.1, 0.15) is 6.42 Å². The van der Waals surface area contributed by atoms with Gasteiger partial charge in [-0.25, -0.2) is 0 Å². The van der Waals surface area contributed by atoms with Gasteiger partial charge in [-0.1, -0.05) is 12.2 Å². The Balaban J connectivity index is 1.80. The van der Waals surface area contributed by atoms with E-state index in [1.54, 1.807) is 12.2 Å². The highest BCUT2D eigenvalue weighted by atomic mass is 16.6. The molecule has 0 spiro atoms. The second-order valence-corrected chi connectivity index (χ2v) is 4.11. The number of amides is 1. The standard InChI is InChI=1S/C11H15NO5/c13-10(9-6-16-3-4-17-9)12-8-2-1-7(5-8)11(14)15/h1-2,7-9H,3-6H2,(H,12,13)(H,14,15). The Hall–Kier alpha value is -1.40. The zero-order valence-electron chi connectivity index (χ0n) is 9.30. The molecule has 1 saturated heterocycles. The Kier molecular flexibility index (Phi) is 3.75. The van der Waals surface area contributed by atoms with Crippen molar-refractivity contribution in [3.63, 3.8) is 0 Å². The smallest absolute Gasteiger partial charge is 0.310 e. The maximum absolute atomic E-state index is 11.7. The molecule has 2 N–H and O–H groups in total. The molecule has 0 radical (unpaired) electrons. The number of carbonyl (C=O) groups excluding carboxylic acids is 1. The Morgan fingerprint density at radius 1 is 1.29 bits per heavy atom. The molecule has 0 aromatic heterocycles. The lowest BCUT2D eigenvalue weighted by atomic mass is 10.1. The average Bonchev–Trinajstić information content (AvgIpc) is 2.79. The third kappa shape index (κ3) is 3.04. The van der Waals surface area contributed by atoms with Crippen molar-refractivity contribution < 1.29 is 24.2 Å². The topological polar surface area (TPSA) is 84.9 Å². The van der Waals surface area contributed by atoms with Gasteiger partial charge in [-0.3, -0.25) is 9.59 Å². The van der Waals surface area contributed by atoms with E-state index < -0.39 is 18.0 Å². The molecular formula is C11H15NO5. The fourth-order valence-electron chi connectivity index (χ4n) is 1.90. The van der Waals surface area contributed by atoms with Gasteiger partial charge < -0.3 is 19.9 Å². The summed E-state index contributed by atoms with van der Waals surface area (Å²) >= 11 is 0. The summed E-state index contributed by atoms with van der Waals surface area (Å²) in [6, 6.07) is -0.228. The molecule has 3 unspecified atom stereocenters. The minimum absolute atomic E-state index is 0.228. The zero-order valence-corrected chi connectivity index (χ0v) is 9.30. The van der Waals surface area contributed by atoms with Crippen LogP contribution in [0.5, 0.6) is 0 Å². The third-order valence-corrected chi connectivity index (χ3v) is 2.84. The number of carboxylic acid groups (broad SMARTS) is 1. The van der Waals surface area contributed by atoms with Crippen molar-refractivity contribution in [2.24, 2.45) is 5.92 Å². The second kappa shape index (κ2) is 5.29. The van der Waals surface area contributed by atoms with Gasteiger partial charge in [0, 0.05) is 6.04 Å². The van der Waals surface area contributed by atoms with E-state index in [-0.39, 0.29) is 18.6 Å². The highest BCUT2D eigenvalue weighted by molar-refractivity contribution is 5.82. The Morgan fingerprint density at radius 2 is 2.12 bits per heavy atom. The van der Waals surface area contributed by atoms with Crippen LogP contribution in [-0.4, -0.2) is 48.9 Å². The SMILES string of the molecule is O=C(O)C1C=CC(NC(=O)C2COCCO2)C1. The second-order valence-electron chi connectivity index (χ2n) is 4.11. The van der Waals surface area contributed by atoms with Gasteiger partial charge in [0.25, 0.3) is 5.91 Å². The van der Waals surface area contributed by atoms with Crippen molar-refractivity contribution in [2.45, 2.75) is 18.6 Å². The van der Waals surface area contributed by atoms with Crippen LogP contribution in [0.4, 0.5) is 0 Å². The highest BCUT2D eigenvalue weighted by Crippen LogP contribution is 2.18. The summed E-state index contributed by atoms with van der Waals surface area (Å²) < 4.78 is 10.4. The van der Waals surface area contributed by atoms with E-state index in [0.29, 0.717) is 19.6 Å². The number of nitrogens with one attached hydrogen (secondary N) is 1. The number of carbonyl (C=O) groups is 2. The van der Waals surface area contributed by atoms with Gasteiger partial charge in [0.1, 0.15) is 0 Å². The van der Waals surface area contributed by atoms with E-state index >= 15 is 0 Å². The number of aliphatic carboxylic acids is 1. The van der Waals surface area contributed by atoms with E-state index in [4.69, 9.17) is 14.6 Å². The van der Waals surface area contributed by atoms with Crippen LogP contribution in [-0.2, 0) is 19.1 Å². The van der Waals surface area contributed by atoms with Crippen LogP contribution in [0, 0.1) is 5.92 Å². The molecule has 1 aliphatic carbocycles. The molecule has 17 heavy (non-hydrogen) atoms. The third-order valence-electron chi connectivity index (χ3n) is 2.84. The fraction of sp³-hybridized carbons (Fsp3) is 0.636. The molecule has 0 bridgehead atoms. The van der Waals surface area contributed by atoms with Crippen LogP contribution >= 0.6 is 0 Å². The lowest BCUT2D eigenvalue weighted by molar-refractivity contribution is -0.148. The van der Waals surface area contributed by atoms with Crippen LogP contribution in [0.15, 0.2) is 12.2 Å². The lowest BCUT2D eigenvalue weighted by Crippen LogP contribution is -2.46. The monoisotopic (exact) mass is 241 g/mol. The first-order valence-corrected chi connectivity index (χ1v) is 5.57. The summed E-state index contributed by atoms with van der Waals surface area (Å²) in [5, 5.41) is 11.5. The van der Waals surface area contributed by atoms with Gasteiger partial charge in [-0.2, -0.15) is 0 Å². The predicted molar refractivity (Wildman–Crippen MR) is 57.4 cm³/mol. The van der Waals surface area contributed by atoms with Crippen molar-refractivity contribution in [2.75, 3.05) is 19.8 Å². The van der Waals surface area contributed by atoms with Crippen LogP contribution < -0.4 is 5.32 Å². The average molecular weight is 241 g/mol. The summed E-state index contributed by atoms with van der Waals surface area (Å²) in [4.78, 5) is 22.5. The van der Waals surface area contributed by atoms with Crippen LogP contribution in [0.25, 0.3) is 0 Å². The molecule has 1 heterocycles. The number of ether oxygens (including phenoxy) is 2. The number of rotatable bonds is 3. The molecule has 6 heteroatoms. The molecular weight excluding hydrogens is 226 g/mol. The van der Waals surface area contributed by atoms with Gasteiger partial charge in [0.2, 0.25) is 0 Å².